The van der Waals surface area contributed by atoms with Crippen LogP contribution in [0.1, 0.15) is 16.7 Å². The topological polar surface area (TPSA) is 60.2 Å². The zero-order chi connectivity index (χ0) is 14.0. The number of anilines is 1. The van der Waals surface area contributed by atoms with Crippen LogP contribution in [0.25, 0.3) is 0 Å². The molecule has 0 bridgehead atoms. The highest BCUT2D eigenvalue weighted by Gasteiger charge is 2.18. The van der Waals surface area contributed by atoms with Crippen molar-refractivity contribution in [3.8, 4) is 0 Å². The molecular weight excluding hydrogens is 258 g/mol. The first-order valence-corrected chi connectivity index (χ1v) is 7.69. The van der Waals surface area contributed by atoms with Gasteiger partial charge < -0.3 is 5.73 Å². The van der Waals surface area contributed by atoms with Gasteiger partial charge in [-0.05, 0) is 37.1 Å². The van der Waals surface area contributed by atoms with Crippen LogP contribution in [-0.2, 0) is 15.6 Å². The van der Waals surface area contributed by atoms with Crippen LogP contribution in [0, 0.1) is 13.8 Å². The Kier molecular flexibility index (Phi) is 3.62. The summed E-state index contributed by atoms with van der Waals surface area (Å²) in [5, 5.41) is 0. The standard InChI is InChI=1S/C15H17NO2S/c1-11-5-3-6-13(9-11)10-19(17,18)15-8-4-7-14(16)12(15)2/h3-9H,10,16H2,1-2H3. The van der Waals surface area contributed by atoms with E-state index in [-0.39, 0.29) is 5.75 Å². The SMILES string of the molecule is Cc1cccc(CS(=O)(=O)c2cccc(N)c2C)c1. The van der Waals surface area contributed by atoms with Gasteiger partial charge in [-0.15, -0.1) is 0 Å². The van der Waals surface area contributed by atoms with Crippen molar-refractivity contribution in [1.29, 1.82) is 0 Å². The quantitative estimate of drug-likeness (QED) is 0.876. The molecule has 0 aliphatic rings. The average molecular weight is 275 g/mol. The van der Waals surface area contributed by atoms with Gasteiger partial charge in [0.05, 0.1) is 10.6 Å². The van der Waals surface area contributed by atoms with Crippen LogP contribution in [0.5, 0.6) is 0 Å². The van der Waals surface area contributed by atoms with Gasteiger partial charge in [-0.1, -0.05) is 35.9 Å². The predicted octanol–water partition coefficient (Wildman–Crippen LogP) is 2.86. The lowest BCUT2D eigenvalue weighted by Gasteiger charge is -2.10. The third-order valence-corrected chi connectivity index (χ3v) is 4.93. The molecule has 0 fully saturated rings. The van der Waals surface area contributed by atoms with E-state index < -0.39 is 9.84 Å². The Labute approximate surface area is 114 Å². The van der Waals surface area contributed by atoms with Crippen molar-refractivity contribution in [2.24, 2.45) is 0 Å². The van der Waals surface area contributed by atoms with Crippen LogP contribution in [0.4, 0.5) is 5.69 Å². The van der Waals surface area contributed by atoms with Crippen molar-refractivity contribution in [2.45, 2.75) is 24.5 Å². The van der Waals surface area contributed by atoms with Crippen LogP contribution < -0.4 is 5.73 Å². The average Bonchev–Trinajstić information content (AvgIpc) is 2.32. The lowest BCUT2D eigenvalue weighted by Crippen LogP contribution is -2.08. The Morgan fingerprint density at radius 3 is 2.42 bits per heavy atom. The molecule has 19 heavy (non-hydrogen) atoms. The van der Waals surface area contributed by atoms with Crippen LogP contribution >= 0.6 is 0 Å². The minimum absolute atomic E-state index is 0.00102. The Morgan fingerprint density at radius 1 is 1.05 bits per heavy atom. The van der Waals surface area contributed by atoms with Gasteiger partial charge in [0.2, 0.25) is 0 Å². The number of aryl methyl sites for hydroxylation is 1. The second kappa shape index (κ2) is 5.05. The molecule has 2 N–H and O–H groups in total. The summed E-state index contributed by atoms with van der Waals surface area (Å²) in [7, 11) is -3.36. The minimum atomic E-state index is -3.36. The van der Waals surface area contributed by atoms with Gasteiger partial charge in [0, 0.05) is 5.69 Å². The van der Waals surface area contributed by atoms with Crippen molar-refractivity contribution in [2.75, 3.05) is 5.73 Å². The molecule has 100 valence electrons. The molecule has 0 heterocycles. The number of hydrogen-bond acceptors (Lipinski definition) is 3. The summed E-state index contributed by atoms with van der Waals surface area (Å²) in [4.78, 5) is 0.314. The number of nitrogens with two attached hydrogens (primary N) is 1. The number of benzene rings is 2. The van der Waals surface area contributed by atoms with E-state index >= 15 is 0 Å². The van der Waals surface area contributed by atoms with E-state index in [4.69, 9.17) is 5.73 Å². The van der Waals surface area contributed by atoms with E-state index in [1.54, 1.807) is 25.1 Å². The summed E-state index contributed by atoms with van der Waals surface area (Å²) in [6.45, 7) is 3.68. The number of hydrogen-bond donors (Lipinski definition) is 1. The molecule has 2 aromatic rings. The molecule has 3 nitrogen and oxygen atoms in total. The predicted molar refractivity (Wildman–Crippen MR) is 77.7 cm³/mol. The molecule has 0 saturated carbocycles. The third kappa shape index (κ3) is 2.96. The Bertz CT molecular complexity index is 706. The van der Waals surface area contributed by atoms with Crippen LogP contribution in [0.15, 0.2) is 47.4 Å². The fourth-order valence-corrected chi connectivity index (χ4v) is 3.71. The van der Waals surface area contributed by atoms with Crippen molar-refractivity contribution in [3.05, 3.63) is 59.2 Å². The highest BCUT2D eigenvalue weighted by molar-refractivity contribution is 7.90. The van der Waals surface area contributed by atoms with Crippen LogP contribution in [0.2, 0.25) is 0 Å². The summed E-state index contributed by atoms with van der Waals surface area (Å²) in [5.41, 5.74) is 8.74. The Morgan fingerprint density at radius 2 is 1.74 bits per heavy atom. The molecule has 0 aliphatic heterocycles. The fraction of sp³-hybridized carbons (Fsp3) is 0.200. The summed E-state index contributed by atoms with van der Waals surface area (Å²) < 4.78 is 24.9. The van der Waals surface area contributed by atoms with Crippen molar-refractivity contribution in [1.82, 2.24) is 0 Å². The molecule has 0 saturated heterocycles. The number of sulfone groups is 1. The molecule has 2 aromatic carbocycles. The van der Waals surface area contributed by atoms with E-state index in [0.29, 0.717) is 16.1 Å². The summed E-state index contributed by atoms with van der Waals surface area (Å²) in [6.07, 6.45) is 0. The second-order valence-corrected chi connectivity index (χ2v) is 6.68. The highest BCUT2D eigenvalue weighted by Crippen LogP contribution is 2.24. The smallest absolute Gasteiger partial charge is 0.182 e. The second-order valence-electron chi connectivity index (χ2n) is 4.72. The third-order valence-electron chi connectivity index (χ3n) is 3.10. The van der Waals surface area contributed by atoms with E-state index in [0.717, 1.165) is 11.1 Å². The van der Waals surface area contributed by atoms with Crippen molar-refractivity contribution < 1.29 is 8.42 Å². The first kappa shape index (κ1) is 13.6. The maximum Gasteiger partial charge on any atom is 0.182 e. The molecular formula is C15H17NO2S. The molecule has 2 rings (SSSR count). The van der Waals surface area contributed by atoms with Crippen molar-refractivity contribution >= 4 is 15.5 Å². The molecule has 0 radical (unpaired) electrons. The molecule has 0 amide bonds. The minimum Gasteiger partial charge on any atom is -0.398 e. The molecule has 0 unspecified atom stereocenters. The molecule has 4 heteroatoms. The van der Waals surface area contributed by atoms with Gasteiger partial charge in [0.15, 0.2) is 9.84 Å². The van der Waals surface area contributed by atoms with Crippen LogP contribution in [-0.4, -0.2) is 8.42 Å². The van der Waals surface area contributed by atoms with Crippen molar-refractivity contribution in [3.63, 3.8) is 0 Å². The monoisotopic (exact) mass is 275 g/mol. The number of nitrogen functional groups attached to an aromatic ring is 1. The van der Waals surface area contributed by atoms with Gasteiger partial charge in [-0.25, -0.2) is 8.42 Å². The lowest BCUT2D eigenvalue weighted by atomic mass is 10.2. The molecule has 0 spiro atoms. The van der Waals surface area contributed by atoms with E-state index in [1.165, 1.54) is 0 Å². The summed E-state index contributed by atoms with van der Waals surface area (Å²) in [5.74, 6) is -0.00102. The van der Waals surface area contributed by atoms with Gasteiger partial charge in [0.25, 0.3) is 0 Å². The zero-order valence-electron chi connectivity index (χ0n) is 11.1. The molecule has 0 aliphatic carbocycles. The molecule has 0 aromatic heterocycles. The maximum atomic E-state index is 12.4. The highest BCUT2D eigenvalue weighted by atomic mass is 32.2. The van der Waals surface area contributed by atoms with Gasteiger partial charge >= 0.3 is 0 Å². The summed E-state index contributed by atoms with van der Waals surface area (Å²) >= 11 is 0. The van der Waals surface area contributed by atoms with E-state index in [1.807, 2.05) is 31.2 Å². The Hall–Kier alpha value is -1.81. The zero-order valence-corrected chi connectivity index (χ0v) is 11.9. The van der Waals surface area contributed by atoms with E-state index in [9.17, 15) is 8.42 Å². The van der Waals surface area contributed by atoms with Gasteiger partial charge in [0.1, 0.15) is 0 Å². The summed E-state index contributed by atoms with van der Waals surface area (Å²) in [6, 6.07) is 12.5. The first-order valence-electron chi connectivity index (χ1n) is 6.03. The largest absolute Gasteiger partial charge is 0.398 e. The lowest BCUT2D eigenvalue weighted by molar-refractivity contribution is 0.594. The molecule has 0 atom stereocenters. The normalized spacial score (nSPS) is 11.5. The van der Waals surface area contributed by atoms with Gasteiger partial charge in [-0.2, -0.15) is 0 Å². The fourth-order valence-electron chi connectivity index (χ4n) is 2.07. The first-order chi connectivity index (χ1) is 8.90. The maximum absolute atomic E-state index is 12.4. The Balaban J connectivity index is 2.41. The van der Waals surface area contributed by atoms with Gasteiger partial charge in [-0.3, -0.25) is 0 Å². The number of rotatable bonds is 3. The van der Waals surface area contributed by atoms with Crippen LogP contribution in [0.3, 0.4) is 0 Å². The van der Waals surface area contributed by atoms with E-state index in [2.05, 4.69) is 0 Å².